The molecular weight excluding hydrogens is 542 g/mol. The molecule has 0 unspecified atom stereocenters. The van der Waals surface area contributed by atoms with Gasteiger partial charge in [-0.1, -0.05) is 69.6 Å². The smallest absolute Gasteiger partial charge is 0.341 e. The first kappa shape index (κ1) is 28.9. The summed E-state index contributed by atoms with van der Waals surface area (Å²) in [6, 6.07) is 13.5. The molecule has 0 saturated carbocycles. The van der Waals surface area contributed by atoms with Gasteiger partial charge in [-0.05, 0) is 46.9 Å². The minimum absolute atomic E-state index is 0.0183. The zero-order valence-electron chi connectivity index (χ0n) is 24.2. The van der Waals surface area contributed by atoms with Crippen LogP contribution < -0.4 is 9.47 Å². The van der Waals surface area contributed by atoms with Crippen molar-refractivity contribution < 1.29 is 29.0 Å². The second kappa shape index (κ2) is 10.7. The number of aliphatic carboxylic acids is 1. The average molecular weight is 578 g/mol. The number of carbonyl (C=O) groups is 3. The maximum Gasteiger partial charge on any atom is 0.341 e. The number of Topliss-reactive ketones (excluding diaryl/α,β-unsaturated/α-hetero) is 2. The summed E-state index contributed by atoms with van der Waals surface area (Å²) in [6.07, 6.45) is 2.11. The van der Waals surface area contributed by atoms with Crippen LogP contribution in [-0.2, 0) is 20.9 Å². The molecule has 3 aliphatic rings. The number of nitrogens with zero attached hydrogens (tertiary/aromatic N) is 1. The van der Waals surface area contributed by atoms with Crippen LogP contribution in [-0.4, -0.2) is 41.3 Å². The predicted octanol–water partition coefficient (Wildman–Crippen LogP) is 6.70. The highest BCUT2D eigenvalue weighted by Gasteiger charge is 2.49. The zero-order valence-corrected chi connectivity index (χ0v) is 24.9. The molecule has 1 aliphatic heterocycles. The monoisotopic (exact) mass is 577 g/mol. The molecule has 0 spiro atoms. The van der Waals surface area contributed by atoms with E-state index < -0.39 is 18.5 Å². The summed E-state index contributed by atoms with van der Waals surface area (Å²) in [4.78, 5) is 41.5. The van der Waals surface area contributed by atoms with Crippen LogP contribution in [0.1, 0.15) is 70.4 Å². The van der Waals surface area contributed by atoms with Crippen LogP contribution >= 0.6 is 11.6 Å². The number of allylic oxidation sites excluding steroid dienone is 4. The highest BCUT2D eigenvalue weighted by molar-refractivity contribution is 6.32. The number of benzene rings is 2. The van der Waals surface area contributed by atoms with Crippen LogP contribution in [0.5, 0.6) is 11.5 Å². The second-order valence-electron chi connectivity index (χ2n) is 12.8. The van der Waals surface area contributed by atoms with Crippen molar-refractivity contribution >= 4 is 29.1 Å². The lowest BCUT2D eigenvalue weighted by Crippen LogP contribution is -2.44. The van der Waals surface area contributed by atoms with Gasteiger partial charge in [-0.25, -0.2) is 4.79 Å². The SMILES string of the molecule is COc1cc(C2C3=C(CC(C)(C)CC3=O)N(Cc3ccccc3)C3=C2C(=O)CC(C)(C)C3)cc(Cl)c1OCC(=O)O. The van der Waals surface area contributed by atoms with E-state index in [0.29, 0.717) is 48.9 Å². The third-order valence-corrected chi connectivity index (χ3v) is 8.41. The van der Waals surface area contributed by atoms with Crippen LogP contribution in [0.3, 0.4) is 0 Å². The Kier molecular flexibility index (Phi) is 7.53. The Balaban J connectivity index is 1.75. The number of rotatable bonds is 7. The van der Waals surface area contributed by atoms with Crippen molar-refractivity contribution in [1.29, 1.82) is 0 Å². The number of ether oxygens (including phenoxy) is 2. The van der Waals surface area contributed by atoms with Gasteiger partial charge in [-0.15, -0.1) is 0 Å². The normalized spacial score (nSPS) is 20.1. The molecule has 8 heteroatoms. The first-order chi connectivity index (χ1) is 19.3. The molecule has 2 aliphatic carbocycles. The highest BCUT2D eigenvalue weighted by Crippen LogP contribution is 2.55. The molecular formula is C33H36ClNO6. The summed E-state index contributed by atoms with van der Waals surface area (Å²) in [7, 11) is 1.45. The Morgan fingerprint density at radius 2 is 1.51 bits per heavy atom. The fourth-order valence-corrected chi connectivity index (χ4v) is 6.79. The Hall–Kier alpha value is -3.58. The van der Waals surface area contributed by atoms with Crippen molar-refractivity contribution in [2.75, 3.05) is 13.7 Å². The summed E-state index contributed by atoms with van der Waals surface area (Å²) in [5, 5.41) is 9.28. The van der Waals surface area contributed by atoms with Gasteiger partial charge in [0.1, 0.15) is 0 Å². The summed E-state index contributed by atoms with van der Waals surface area (Å²) in [5.74, 6) is -1.36. The summed E-state index contributed by atoms with van der Waals surface area (Å²) in [5.41, 5.74) is 4.41. The fraction of sp³-hybridized carbons (Fsp3) is 0.424. The van der Waals surface area contributed by atoms with Gasteiger partial charge < -0.3 is 19.5 Å². The van der Waals surface area contributed by atoms with Crippen molar-refractivity contribution in [3.63, 3.8) is 0 Å². The lowest BCUT2D eigenvalue weighted by molar-refractivity contribution is -0.139. The number of hydrogen-bond acceptors (Lipinski definition) is 6. The van der Waals surface area contributed by atoms with Crippen molar-refractivity contribution in [2.24, 2.45) is 10.8 Å². The van der Waals surface area contributed by atoms with Crippen LogP contribution in [0, 0.1) is 10.8 Å². The Bertz CT molecular complexity index is 1430. The molecule has 41 heavy (non-hydrogen) atoms. The number of ketones is 2. The molecule has 0 amide bonds. The van der Waals surface area contributed by atoms with Gasteiger partial charge in [0.2, 0.25) is 0 Å². The Labute approximate surface area is 245 Å². The summed E-state index contributed by atoms with van der Waals surface area (Å²) in [6.45, 7) is 8.41. The molecule has 5 rings (SSSR count). The van der Waals surface area contributed by atoms with Gasteiger partial charge >= 0.3 is 5.97 Å². The van der Waals surface area contributed by atoms with Crippen molar-refractivity contribution in [3.8, 4) is 11.5 Å². The molecule has 0 fully saturated rings. The third-order valence-electron chi connectivity index (χ3n) is 8.13. The number of halogens is 1. The van der Waals surface area contributed by atoms with E-state index in [0.717, 1.165) is 17.0 Å². The maximum atomic E-state index is 14.0. The maximum absolute atomic E-state index is 14.0. The highest BCUT2D eigenvalue weighted by atomic mass is 35.5. The standard InChI is InChI=1S/C33H36ClNO6/c1-32(2)13-22-29(24(36)15-32)28(20-11-21(34)31(26(12-20)40-5)41-18-27(38)39)30-23(14-33(3,4)16-25(30)37)35(22)17-19-9-7-6-8-10-19/h6-12,28H,13-18H2,1-5H3,(H,38,39). The first-order valence-corrected chi connectivity index (χ1v) is 14.2. The van der Waals surface area contributed by atoms with E-state index in [1.165, 1.54) is 7.11 Å². The van der Waals surface area contributed by atoms with Crippen LogP contribution in [0.4, 0.5) is 0 Å². The van der Waals surface area contributed by atoms with Gasteiger partial charge in [-0.2, -0.15) is 0 Å². The third kappa shape index (κ3) is 5.65. The molecule has 1 heterocycles. The molecule has 0 atom stereocenters. The van der Waals surface area contributed by atoms with Crippen molar-refractivity contribution in [2.45, 2.75) is 65.8 Å². The van der Waals surface area contributed by atoms with Crippen LogP contribution in [0.2, 0.25) is 5.02 Å². The van der Waals surface area contributed by atoms with E-state index in [-0.39, 0.29) is 38.9 Å². The van der Waals surface area contributed by atoms with Gasteiger partial charge in [0.15, 0.2) is 29.7 Å². The largest absolute Gasteiger partial charge is 0.493 e. The summed E-state index contributed by atoms with van der Waals surface area (Å²) < 4.78 is 11.0. The average Bonchev–Trinajstić information content (AvgIpc) is 2.87. The van der Waals surface area contributed by atoms with Crippen molar-refractivity contribution in [3.05, 3.63) is 81.2 Å². The second-order valence-corrected chi connectivity index (χ2v) is 13.2. The number of hydrogen-bond donors (Lipinski definition) is 1. The molecule has 0 bridgehead atoms. The Morgan fingerprint density at radius 3 is 2.02 bits per heavy atom. The minimum Gasteiger partial charge on any atom is -0.493 e. The van der Waals surface area contributed by atoms with Crippen molar-refractivity contribution in [1.82, 2.24) is 4.90 Å². The predicted molar refractivity (Wildman–Crippen MR) is 156 cm³/mol. The van der Waals surface area contributed by atoms with Gasteiger partial charge in [0, 0.05) is 47.8 Å². The molecule has 2 aromatic carbocycles. The topological polar surface area (TPSA) is 93.1 Å². The van der Waals surface area contributed by atoms with E-state index in [9.17, 15) is 14.4 Å². The quantitative estimate of drug-likeness (QED) is 0.391. The van der Waals surface area contributed by atoms with E-state index >= 15 is 0 Å². The molecule has 7 nitrogen and oxygen atoms in total. The number of carbonyl (C=O) groups excluding carboxylic acids is 2. The molecule has 1 N–H and O–H groups in total. The van der Waals surface area contributed by atoms with Crippen LogP contribution in [0.15, 0.2) is 65.0 Å². The first-order valence-electron chi connectivity index (χ1n) is 13.9. The van der Waals surface area contributed by atoms with Gasteiger partial charge in [-0.3, -0.25) is 9.59 Å². The van der Waals surface area contributed by atoms with Gasteiger partial charge in [0.25, 0.3) is 0 Å². The lowest BCUT2D eigenvalue weighted by Gasteiger charge is -2.49. The van der Waals surface area contributed by atoms with E-state index in [2.05, 4.69) is 44.7 Å². The van der Waals surface area contributed by atoms with E-state index in [1.807, 2.05) is 18.2 Å². The van der Waals surface area contributed by atoms with E-state index in [4.69, 9.17) is 26.2 Å². The molecule has 0 saturated heterocycles. The molecule has 216 valence electrons. The number of methoxy groups -OCH3 is 1. The molecule has 0 aromatic heterocycles. The molecule has 0 radical (unpaired) electrons. The Morgan fingerprint density at radius 1 is 0.951 bits per heavy atom. The van der Waals surface area contributed by atoms with Crippen LogP contribution in [0.25, 0.3) is 0 Å². The zero-order chi connectivity index (χ0) is 29.7. The lowest BCUT2D eigenvalue weighted by atomic mass is 9.63. The van der Waals surface area contributed by atoms with Gasteiger partial charge in [0.05, 0.1) is 12.1 Å². The minimum atomic E-state index is -1.14. The van der Waals surface area contributed by atoms with E-state index in [1.54, 1.807) is 12.1 Å². The molecule has 2 aromatic rings. The summed E-state index contributed by atoms with van der Waals surface area (Å²) >= 11 is 6.66. The number of carboxylic acids is 1. The fourth-order valence-electron chi connectivity index (χ4n) is 6.52. The number of carboxylic acid groups (broad SMARTS) is 1.